The molecule has 0 unspecified atom stereocenters. The zero-order valence-corrected chi connectivity index (χ0v) is 11.4. The van der Waals surface area contributed by atoms with E-state index in [9.17, 15) is 0 Å². The zero-order valence-electron chi connectivity index (χ0n) is 10.6. The van der Waals surface area contributed by atoms with Crippen LogP contribution in [0.1, 0.15) is 5.56 Å². The lowest BCUT2D eigenvalue weighted by molar-refractivity contribution is 1.31. The third kappa shape index (κ3) is 2.56. The van der Waals surface area contributed by atoms with E-state index in [1.807, 2.05) is 24.5 Å². The molecule has 0 saturated heterocycles. The highest BCUT2D eigenvalue weighted by molar-refractivity contribution is 8.00. The number of fused-ring (bicyclic) bond motifs is 1. The molecule has 0 saturated carbocycles. The van der Waals surface area contributed by atoms with Crippen molar-refractivity contribution in [3.05, 3.63) is 66.5 Å². The van der Waals surface area contributed by atoms with Gasteiger partial charge in [-0.25, -0.2) is 0 Å². The van der Waals surface area contributed by atoms with Gasteiger partial charge in [-0.3, -0.25) is 4.98 Å². The van der Waals surface area contributed by atoms with Gasteiger partial charge in [-0.1, -0.05) is 30.3 Å². The smallest absolute Gasteiger partial charge is 0.0523 e. The largest absolute Gasteiger partial charge is 0.325 e. The molecule has 94 valence electrons. The second-order valence-electron chi connectivity index (χ2n) is 4.37. The normalized spacial score (nSPS) is 10.6. The topological polar surface area (TPSA) is 24.9 Å². The van der Waals surface area contributed by atoms with Crippen LogP contribution in [0.15, 0.2) is 65.8 Å². The number of nitrogens with zero attached hydrogens (tertiary/aromatic N) is 1. The van der Waals surface area contributed by atoms with Crippen molar-refractivity contribution in [1.29, 1.82) is 0 Å². The highest BCUT2D eigenvalue weighted by Crippen LogP contribution is 2.28. The van der Waals surface area contributed by atoms with Gasteiger partial charge in [0.2, 0.25) is 0 Å². The van der Waals surface area contributed by atoms with E-state index in [-0.39, 0.29) is 0 Å². The summed E-state index contributed by atoms with van der Waals surface area (Å²) >= 11 is 1.64. The lowest BCUT2D eigenvalue weighted by Crippen LogP contribution is -1.90. The van der Waals surface area contributed by atoms with E-state index in [1.165, 1.54) is 15.8 Å². The van der Waals surface area contributed by atoms with Gasteiger partial charge in [-0.2, -0.15) is 0 Å². The van der Waals surface area contributed by atoms with Gasteiger partial charge in [0.25, 0.3) is 0 Å². The van der Waals surface area contributed by atoms with E-state index in [0.717, 1.165) is 11.1 Å². The van der Waals surface area contributed by atoms with Crippen molar-refractivity contribution < 1.29 is 0 Å². The van der Waals surface area contributed by atoms with Crippen molar-refractivity contribution in [1.82, 2.24) is 4.98 Å². The molecule has 2 aromatic carbocycles. The first-order valence-corrected chi connectivity index (χ1v) is 6.97. The Bertz CT molecular complexity index is 704. The molecule has 0 bridgehead atoms. The maximum atomic E-state index is 4.15. The summed E-state index contributed by atoms with van der Waals surface area (Å²) in [5.74, 6) is 0. The number of pyridine rings is 1. The molecular formula is C16H14N2S. The quantitative estimate of drug-likeness (QED) is 0.698. The van der Waals surface area contributed by atoms with Crippen LogP contribution >= 0.6 is 11.9 Å². The third-order valence-electron chi connectivity index (χ3n) is 3.05. The van der Waals surface area contributed by atoms with Crippen LogP contribution in [0.4, 0.5) is 5.69 Å². The highest BCUT2D eigenvalue weighted by atomic mass is 32.2. The maximum Gasteiger partial charge on any atom is 0.0523 e. The first kappa shape index (κ1) is 12.1. The SMILES string of the molecule is Cc1ccccc1SNc1cccc2cnccc12. The van der Waals surface area contributed by atoms with Crippen LogP contribution in [0.2, 0.25) is 0 Å². The van der Waals surface area contributed by atoms with E-state index < -0.39 is 0 Å². The molecule has 1 heterocycles. The average Bonchev–Trinajstić information content (AvgIpc) is 2.46. The number of aryl methyl sites for hydroxylation is 1. The molecule has 0 amide bonds. The van der Waals surface area contributed by atoms with Crippen LogP contribution < -0.4 is 4.72 Å². The Kier molecular flexibility index (Phi) is 3.38. The lowest BCUT2D eigenvalue weighted by Gasteiger charge is -2.10. The molecule has 0 fully saturated rings. The molecule has 0 aliphatic rings. The van der Waals surface area contributed by atoms with Crippen molar-refractivity contribution in [2.75, 3.05) is 4.72 Å². The number of nitrogens with one attached hydrogen (secondary N) is 1. The Morgan fingerprint density at radius 2 is 1.89 bits per heavy atom. The van der Waals surface area contributed by atoms with Gasteiger partial charge < -0.3 is 4.72 Å². The van der Waals surface area contributed by atoms with Crippen molar-refractivity contribution in [3.8, 4) is 0 Å². The molecular weight excluding hydrogens is 252 g/mol. The van der Waals surface area contributed by atoms with Crippen molar-refractivity contribution in [2.24, 2.45) is 0 Å². The summed E-state index contributed by atoms with van der Waals surface area (Å²) in [6.45, 7) is 2.12. The number of hydrogen-bond donors (Lipinski definition) is 1. The monoisotopic (exact) mass is 266 g/mol. The summed E-state index contributed by atoms with van der Waals surface area (Å²) < 4.78 is 3.43. The lowest BCUT2D eigenvalue weighted by atomic mass is 10.1. The van der Waals surface area contributed by atoms with Crippen LogP contribution in [0.3, 0.4) is 0 Å². The second-order valence-corrected chi connectivity index (χ2v) is 5.22. The Morgan fingerprint density at radius 1 is 1.00 bits per heavy atom. The molecule has 0 aliphatic heterocycles. The molecule has 19 heavy (non-hydrogen) atoms. The van der Waals surface area contributed by atoms with E-state index in [4.69, 9.17) is 0 Å². The minimum Gasteiger partial charge on any atom is -0.325 e. The predicted molar refractivity (Wildman–Crippen MR) is 82.4 cm³/mol. The van der Waals surface area contributed by atoms with Crippen LogP contribution in [-0.2, 0) is 0 Å². The standard InChI is InChI=1S/C16H14N2S/c1-12-5-2-3-8-16(12)19-18-15-7-4-6-13-11-17-10-9-14(13)15/h2-11,18H,1H3. The average molecular weight is 266 g/mol. The first-order chi connectivity index (χ1) is 9.34. The molecule has 3 aromatic rings. The molecule has 2 nitrogen and oxygen atoms in total. The number of aromatic nitrogens is 1. The van der Waals surface area contributed by atoms with Gasteiger partial charge in [-0.05, 0) is 42.6 Å². The van der Waals surface area contributed by atoms with Crippen LogP contribution in [0, 0.1) is 6.92 Å². The van der Waals surface area contributed by atoms with Crippen LogP contribution in [0.25, 0.3) is 10.8 Å². The minimum atomic E-state index is 1.12. The first-order valence-electron chi connectivity index (χ1n) is 6.16. The summed E-state index contributed by atoms with van der Waals surface area (Å²) in [7, 11) is 0. The fourth-order valence-corrected chi connectivity index (χ4v) is 2.77. The van der Waals surface area contributed by atoms with Gasteiger partial charge in [0.15, 0.2) is 0 Å². The van der Waals surface area contributed by atoms with Crippen LogP contribution in [-0.4, -0.2) is 4.98 Å². The van der Waals surface area contributed by atoms with Crippen LogP contribution in [0.5, 0.6) is 0 Å². The fraction of sp³-hybridized carbons (Fsp3) is 0.0625. The molecule has 0 aliphatic carbocycles. The molecule has 1 N–H and O–H groups in total. The van der Waals surface area contributed by atoms with Gasteiger partial charge in [-0.15, -0.1) is 0 Å². The second kappa shape index (κ2) is 5.33. The van der Waals surface area contributed by atoms with E-state index in [1.54, 1.807) is 11.9 Å². The summed E-state index contributed by atoms with van der Waals surface area (Å²) in [4.78, 5) is 5.40. The van der Waals surface area contributed by atoms with E-state index in [0.29, 0.717) is 0 Å². The number of rotatable bonds is 3. The Morgan fingerprint density at radius 3 is 2.79 bits per heavy atom. The molecule has 0 spiro atoms. The minimum absolute atomic E-state index is 1.12. The summed E-state index contributed by atoms with van der Waals surface area (Å²) in [5, 5.41) is 2.34. The van der Waals surface area contributed by atoms with E-state index >= 15 is 0 Å². The zero-order chi connectivity index (χ0) is 13.1. The number of anilines is 1. The third-order valence-corrected chi connectivity index (χ3v) is 4.05. The van der Waals surface area contributed by atoms with Crippen molar-refractivity contribution in [2.45, 2.75) is 11.8 Å². The van der Waals surface area contributed by atoms with Gasteiger partial charge in [0.1, 0.15) is 0 Å². The summed E-state index contributed by atoms with van der Waals surface area (Å²) in [5.41, 5.74) is 2.40. The highest BCUT2D eigenvalue weighted by Gasteiger charge is 2.02. The van der Waals surface area contributed by atoms with Gasteiger partial charge in [0, 0.05) is 28.1 Å². The van der Waals surface area contributed by atoms with Gasteiger partial charge in [0.05, 0.1) is 5.69 Å². The molecule has 0 atom stereocenters. The molecule has 3 rings (SSSR count). The number of benzene rings is 2. The van der Waals surface area contributed by atoms with Gasteiger partial charge >= 0.3 is 0 Å². The van der Waals surface area contributed by atoms with Crippen molar-refractivity contribution in [3.63, 3.8) is 0 Å². The maximum absolute atomic E-state index is 4.15. The predicted octanol–water partition coefficient (Wildman–Crippen LogP) is 4.66. The molecule has 1 aromatic heterocycles. The van der Waals surface area contributed by atoms with Crippen molar-refractivity contribution >= 4 is 28.4 Å². The molecule has 0 radical (unpaired) electrons. The summed E-state index contributed by atoms with van der Waals surface area (Å²) in [6.07, 6.45) is 3.71. The Labute approximate surface area is 117 Å². The number of hydrogen-bond acceptors (Lipinski definition) is 3. The summed E-state index contributed by atoms with van der Waals surface area (Å²) in [6, 6.07) is 16.6. The van der Waals surface area contributed by atoms with E-state index in [2.05, 4.69) is 53.0 Å². The fourth-order valence-electron chi connectivity index (χ4n) is 1.99. The molecule has 3 heteroatoms. The Balaban J connectivity index is 1.88. The Hall–Kier alpha value is -2.00.